The molecule has 116 valence electrons. The van der Waals surface area contributed by atoms with Crippen molar-refractivity contribution in [3.8, 4) is 6.07 Å². The predicted octanol–water partition coefficient (Wildman–Crippen LogP) is 1.71. The lowest BCUT2D eigenvalue weighted by Gasteiger charge is -2.13. The van der Waals surface area contributed by atoms with Crippen LogP contribution in [0.4, 0.5) is 13.2 Å². The molecule has 0 saturated heterocycles. The van der Waals surface area contributed by atoms with Crippen molar-refractivity contribution in [3.63, 3.8) is 0 Å². The van der Waals surface area contributed by atoms with E-state index in [1.165, 1.54) is 0 Å². The van der Waals surface area contributed by atoms with Crippen LogP contribution in [0.3, 0.4) is 0 Å². The molecular weight excluding hydrogens is 301 g/mol. The number of rotatable bonds is 4. The number of aromatic nitrogens is 1. The van der Waals surface area contributed by atoms with Crippen molar-refractivity contribution in [3.05, 3.63) is 33.7 Å². The van der Waals surface area contributed by atoms with Gasteiger partial charge in [-0.1, -0.05) is 0 Å². The van der Waals surface area contributed by atoms with E-state index in [0.717, 1.165) is 13.1 Å². The summed E-state index contributed by atoms with van der Waals surface area (Å²) >= 11 is 0. The summed E-state index contributed by atoms with van der Waals surface area (Å²) in [6.07, 6.45) is -3.58. The number of alkyl halides is 3. The third kappa shape index (κ3) is 2.79. The lowest BCUT2D eigenvalue weighted by Crippen LogP contribution is -2.34. The second-order valence-corrected chi connectivity index (χ2v) is 5.10. The van der Waals surface area contributed by atoms with Crippen molar-refractivity contribution >= 4 is 11.6 Å². The average molecular weight is 312 g/mol. The molecule has 0 N–H and O–H groups in total. The van der Waals surface area contributed by atoms with Gasteiger partial charge >= 0.3 is 6.18 Å². The second-order valence-electron chi connectivity index (χ2n) is 5.10. The maximum atomic E-state index is 12.7. The van der Waals surface area contributed by atoms with Crippen LogP contribution in [0.2, 0.25) is 0 Å². The highest BCUT2D eigenvalue weighted by atomic mass is 19.4. The van der Waals surface area contributed by atoms with Crippen molar-refractivity contribution in [1.82, 2.24) is 4.57 Å². The van der Waals surface area contributed by atoms with Gasteiger partial charge in [-0.05, 0) is 25.0 Å². The number of ketones is 2. The molecule has 1 unspecified atom stereocenters. The summed E-state index contributed by atoms with van der Waals surface area (Å²) in [5.41, 5.74) is -2.98. The number of halogens is 3. The van der Waals surface area contributed by atoms with Gasteiger partial charge in [0.1, 0.15) is 5.69 Å². The van der Waals surface area contributed by atoms with E-state index in [9.17, 15) is 27.6 Å². The third-order valence-electron chi connectivity index (χ3n) is 3.52. The van der Waals surface area contributed by atoms with Gasteiger partial charge in [-0.25, -0.2) is 0 Å². The van der Waals surface area contributed by atoms with Gasteiger partial charge in [-0.2, -0.15) is 18.4 Å². The monoisotopic (exact) mass is 312 g/mol. The third-order valence-corrected chi connectivity index (χ3v) is 3.52. The Bertz CT molecular complexity index is 739. The molecule has 1 heterocycles. The van der Waals surface area contributed by atoms with Crippen LogP contribution in [0.1, 0.15) is 28.9 Å². The van der Waals surface area contributed by atoms with Gasteiger partial charge in [0.15, 0.2) is 17.5 Å². The van der Waals surface area contributed by atoms with Crippen LogP contribution in [-0.2, 0) is 18.0 Å². The van der Waals surface area contributed by atoms with Crippen molar-refractivity contribution in [2.24, 2.45) is 18.9 Å². The topological polar surface area (TPSA) is 79.9 Å². The van der Waals surface area contributed by atoms with Crippen molar-refractivity contribution < 1.29 is 22.8 Å². The molecule has 1 aromatic heterocycles. The van der Waals surface area contributed by atoms with E-state index in [0.29, 0.717) is 23.5 Å². The summed E-state index contributed by atoms with van der Waals surface area (Å²) in [7, 11) is 0.881. The first-order chi connectivity index (χ1) is 10.2. The molecule has 0 aliphatic heterocycles. The van der Waals surface area contributed by atoms with Crippen LogP contribution >= 0.6 is 0 Å². The van der Waals surface area contributed by atoms with E-state index >= 15 is 0 Å². The maximum absolute atomic E-state index is 12.7. The molecule has 1 aromatic rings. The van der Waals surface area contributed by atoms with Crippen LogP contribution in [-0.4, -0.2) is 16.1 Å². The Balaban J connectivity index is 2.43. The Labute approximate surface area is 123 Å². The van der Waals surface area contributed by atoms with Gasteiger partial charge in [0.05, 0.1) is 11.6 Å². The van der Waals surface area contributed by atoms with Crippen LogP contribution in [0.15, 0.2) is 16.9 Å². The number of hydrogen-bond donors (Lipinski definition) is 0. The van der Waals surface area contributed by atoms with E-state index in [1.54, 1.807) is 6.07 Å². The van der Waals surface area contributed by atoms with Gasteiger partial charge in [-0.15, -0.1) is 0 Å². The molecule has 1 saturated carbocycles. The normalized spacial score (nSPS) is 16.0. The molecule has 8 heteroatoms. The summed E-state index contributed by atoms with van der Waals surface area (Å²) in [6.45, 7) is 0. The number of carbonyl (C=O) groups excluding carboxylic acids is 2. The van der Waals surface area contributed by atoms with Crippen LogP contribution in [0.25, 0.3) is 0 Å². The van der Waals surface area contributed by atoms with Crippen molar-refractivity contribution in [1.29, 1.82) is 5.26 Å². The lowest BCUT2D eigenvalue weighted by atomic mass is 9.93. The first kappa shape index (κ1) is 15.9. The Morgan fingerprint density at radius 2 is 1.95 bits per heavy atom. The van der Waals surface area contributed by atoms with Crippen molar-refractivity contribution in [2.75, 3.05) is 0 Å². The average Bonchev–Trinajstić information content (AvgIpc) is 3.25. The quantitative estimate of drug-likeness (QED) is 0.626. The number of pyridine rings is 1. The Morgan fingerprint density at radius 1 is 1.36 bits per heavy atom. The Hall–Kier alpha value is -2.43. The zero-order valence-corrected chi connectivity index (χ0v) is 11.5. The molecule has 0 spiro atoms. The molecule has 5 nitrogen and oxygen atoms in total. The molecule has 0 aromatic carbocycles. The fourth-order valence-electron chi connectivity index (χ4n) is 2.12. The molecule has 1 aliphatic rings. The molecule has 0 amide bonds. The fourth-order valence-corrected chi connectivity index (χ4v) is 2.12. The number of carbonyl (C=O) groups is 2. The number of nitrogens with zero attached hydrogens (tertiary/aromatic N) is 2. The number of Topliss-reactive ketones (excluding diaryl/α,β-unsaturated/α-hetero) is 2. The van der Waals surface area contributed by atoms with E-state index in [4.69, 9.17) is 5.26 Å². The summed E-state index contributed by atoms with van der Waals surface area (Å²) in [4.78, 5) is 35.9. The smallest absolute Gasteiger partial charge is 0.307 e. The SMILES string of the molecule is Cn1c(C(F)(F)F)ccc(C(=O)C(C#N)C(=O)C2CC2)c1=O. The van der Waals surface area contributed by atoms with Gasteiger partial charge in [0.25, 0.3) is 5.56 Å². The van der Waals surface area contributed by atoms with Crippen LogP contribution in [0.5, 0.6) is 0 Å². The van der Waals surface area contributed by atoms with Gasteiger partial charge in [0, 0.05) is 13.0 Å². The Kier molecular flexibility index (Phi) is 3.92. The fraction of sp³-hybridized carbons (Fsp3) is 0.429. The summed E-state index contributed by atoms with van der Waals surface area (Å²) in [5.74, 6) is -3.63. The highest BCUT2D eigenvalue weighted by molar-refractivity contribution is 6.13. The van der Waals surface area contributed by atoms with Crippen LogP contribution in [0, 0.1) is 23.2 Å². The lowest BCUT2D eigenvalue weighted by molar-refractivity contribution is -0.143. The summed E-state index contributed by atoms with van der Waals surface area (Å²) in [6, 6.07) is 2.85. The molecule has 1 aliphatic carbocycles. The van der Waals surface area contributed by atoms with Gasteiger partial charge in [-0.3, -0.25) is 14.4 Å². The first-order valence-corrected chi connectivity index (χ1v) is 6.43. The molecule has 2 rings (SSSR count). The van der Waals surface area contributed by atoms with E-state index in [1.807, 2.05) is 0 Å². The highest BCUT2D eigenvalue weighted by Crippen LogP contribution is 2.33. The largest absolute Gasteiger partial charge is 0.431 e. The Morgan fingerprint density at radius 3 is 2.41 bits per heavy atom. The minimum Gasteiger partial charge on any atom is -0.307 e. The zero-order valence-electron chi connectivity index (χ0n) is 11.5. The molecule has 0 bridgehead atoms. The molecular formula is C14H11F3N2O3. The van der Waals surface area contributed by atoms with E-state index < -0.39 is 40.5 Å². The zero-order chi connectivity index (χ0) is 16.7. The van der Waals surface area contributed by atoms with E-state index in [-0.39, 0.29) is 5.92 Å². The minimum atomic E-state index is -4.74. The standard InChI is InChI=1S/C14H11F3N2O3/c1-19-10(14(15,16)17)5-4-8(13(19)22)12(21)9(6-18)11(20)7-2-3-7/h4-5,7,9H,2-3H2,1H3. The summed E-state index contributed by atoms with van der Waals surface area (Å²) < 4.78 is 38.3. The second kappa shape index (κ2) is 5.40. The van der Waals surface area contributed by atoms with Gasteiger partial charge in [0.2, 0.25) is 0 Å². The number of nitriles is 1. The minimum absolute atomic E-state index is 0.295. The predicted molar refractivity (Wildman–Crippen MR) is 67.8 cm³/mol. The molecule has 0 radical (unpaired) electrons. The molecule has 1 atom stereocenters. The number of hydrogen-bond acceptors (Lipinski definition) is 4. The van der Waals surface area contributed by atoms with Crippen LogP contribution < -0.4 is 5.56 Å². The summed E-state index contributed by atoms with van der Waals surface area (Å²) in [5, 5.41) is 8.97. The van der Waals surface area contributed by atoms with E-state index in [2.05, 4.69) is 0 Å². The molecule has 1 fully saturated rings. The maximum Gasteiger partial charge on any atom is 0.431 e. The van der Waals surface area contributed by atoms with Gasteiger partial charge < -0.3 is 4.57 Å². The van der Waals surface area contributed by atoms with Crippen molar-refractivity contribution in [2.45, 2.75) is 19.0 Å². The first-order valence-electron chi connectivity index (χ1n) is 6.43. The highest BCUT2D eigenvalue weighted by Gasteiger charge is 2.40. The molecule has 22 heavy (non-hydrogen) atoms.